The van der Waals surface area contributed by atoms with Gasteiger partial charge in [0.2, 0.25) is 0 Å². The maximum atomic E-state index is 12.1. The van der Waals surface area contributed by atoms with Crippen molar-refractivity contribution >= 4 is 6.03 Å². The van der Waals surface area contributed by atoms with Crippen LogP contribution in [-0.2, 0) is 0 Å². The van der Waals surface area contributed by atoms with Gasteiger partial charge in [-0.1, -0.05) is 0 Å². The Morgan fingerprint density at radius 3 is 2.50 bits per heavy atom. The molecule has 1 aliphatic carbocycles. The maximum absolute atomic E-state index is 12.1. The molecule has 1 saturated heterocycles. The van der Waals surface area contributed by atoms with Gasteiger partial charge in [-0.3, -0.25) is 0 Å². The molecule has 2 aliphatic rings. The molecule has 2 fully saturated rings. The monoisotopic (exact) mass is 225 g/mol. The van der Waals surface area contributed by atoms with Gasteiger partial charge in [0.25, 0.3) is 0 Å². The Labute approximate surface area is 97.6 Å². The molecule has 1 heterocycles. The van der Waals surface area contributed by atoms with E-state index in [1.165, 1.54) is 19.3 Å². The molecule has 3 N–H and O–H groups in total. The summed E-state index contributed by atoms with van der Waals surface area (Å²) in [4.78, 5) is 14.0. The van der Waals surface area contributed by atoms with Crippen LogP contribution in [0.4, 0.5) is 4.79 Å². The number of urea groups is 1. The Morgan fingerprint density at radius 2 is 2.00 bits per heavy atom. The van der Waals surface area contributed by atoms with E-state index in [4.69, 9.17) is 5.73 Å². The third-order valence-corrected chi connectivity index (χ3v) is 3.94. The molecule has 0 aromatic heterocycles. The third-order valence-electron chi connectivity index (χ3n) is 3.94. The second kappa shape index (κ2) is 4.62. The molecule has 4 heteroatoms. The molecule has 92 valence electrons. The van der Waals surface area contributed by atoms with E-state index in [0.717, 1.165) is 25.9 Å². The zero-order chi connectivity index (χ0) is 11.6. The number of carbonyl (C=O) groups excluding carboxylic acids is 1. The van der Waals surface area contributed by atoms with Gasteiger partial charge in [-0.05, 0) is 44.9 Å². The Hall–Kier alpha value is -0.770. The van der Waals surface area contributed by atoms with Crippen molar-refractivity contribution in [1.29, 1.82) is 0 Å². The first kappa shape index (κ1) is 11.7. The number of hydrogen-bond acceptors (Lipinski definition) is 2. The molecule has 0 aromatic rings. The molecule has 1 saturated carbocycles. The topological polar surface area (TPSA) is 58.4 Å². The lowest BCUT2D eigenvalue weighted by atomic mass is 9.96. The molecule has 0 bridgehead atoms. The molecule has 1 atom stereocenters. The van der Waals surface area contributed by atoms with Crippen molar-refractivity contribution in [2.75, 3.05) is 19.6 Å². The average Bonchev–Trinajstić information content (AvgIpc) is 3.14. The molecular weight excluding hydrogens is 202 g/mol. The zero-order valence-corrected chi connectivity index (χ0v) is 10.2. The van der Waals surface area contributed by atoms with E-state index in [0.29, 0.717) is 12.5 Å². The Kier molecular flexibility index (Phi) is 3.38. The summed E-state index contributed by atoms with van der Waals surface area (Å²) in [6.07, 6.45) is 5.93. The van der Waals surface area contributed by atoms with Crippen LogP contribution in [0.2, 0.25) is 0 Å². The van der Waals surface area contributed by atoms with Gasteiger partial charge in [0, 0.05) is 19.6 Å². The summed E-state index contributed by atoms with van der Waals surface area (Å²) in [5.41, 5.74) is 5.61. The summed E-state index contributed by atoms with van der Waals surface area (Å²) in [6, 6.07) is 0.0829. The van der Waals surface area contributed by atoms with Crippen LogP contribution >= 0.6 is 0 Å². The summed E-state index contributed by atoms with van der Waals surface area (Å²) in [6.45, 7) is 4.41. The van der Waals surface area contributed by atoms with Gasteiger partial charge in [0.05, 0.1) is 5.54 Å². The van der Waals surface area contributed by atoms with Gasteiger partial charge in [0.1, 0.15) is 0 Å². The highest BCUT2D eigenvalue weighted by Gasteiger charge is 2.42. The molecule has 0 aromatic carbocycles. The van der Waals surface area contributed by atoms with Crippen molar-refractivity contribution in [2.45, 2.75) is 44.6 Å². The Morgan fingerprint density at radius 1 is 1.38 bits per heavy atom. The lowest BCUT2D eigenvalue weighted by Crippen LogP contribution is -2.57. The van der Waals surface area contributed by atoms with Gasteiger partial charge < -0.3 is 16.0 Å². The minimum absolute atomic E-state index is 0.0829. The average molecular weight is 225 g/mol. The zero-order valence-electron chi connectivity index (χ0n) is 10.2. The fourth-order valence-electron chi connectivity index (χ4n) is 2.46. The Balaban J connectivity index is 1.89. The molecule has 16 heavy (non-hydrogen) atoms. The number of amides is 2. The van der Waals surface area contributed by atoms with Crippen molar-refractivity contribution < 1.29 is 4.79 Å². The number of piperidine rings is 1. The van der Waals surface area contributed by atoms with Crippen molar-refractivity contribution in [1.82, 2.24) is 10.2 Å². The summed E-state index contributed by atoms with van der Waals surface area (Å²) >= 11 is 0. The molecular formula is C12H23N3O. The quantitative estimate of drug-likeness (QED) is 0.761. The summed E-state index contributed by atoms with van der Waals surface area (Å²) in [5.74, 6) is 0.589. The maximum Gasteiger partial charge on any atom is 0.317 e. The molecule has 2 amide bonds. The minimum atomic E-state index is -0.186. The van der Waals surface area contributed by atoms with Crippen LogP contribution in [0.3, 0.4) is 0 Å². The highest BCUT2D eigenvalue weighted by atomic mass is 16.2. The van der Waals surface area contributed by atoms with Crippen LogP contribution in [0.1, 0.15) is 39.0 Å². The number of hydrogen-bond donors (Lipinski definition) is 2. The van der Waals surface area contributed by atoms with E-state index >= 15 is 0 Å². The van der Waals surface area contributed by atoms with Gasteiger partial charge in [-0.25, -0.2) is 4.79 Å². The van der Waals surface area contributed by atoms with Crippen molar-refractivity contribution in [3.8, 4) is 0 Å². The van der Waals surface area contributed by atoms with Crippen molar-refractivity contribution in [2.24, 2.45) is 11.7 Å². The number of nitrogens with zero attached hydrogens (tertiary/aromatic N) is 1. The summed E-state index contributed by atoms with van der Waals surface area (Å²) in [5, 5.41) is 3.14. The number of nitrogens with two attached hydrogens (primary N) is 1. The third kappa shape index (κ3) is 2.48. The lowest BCUT2D eigenvalue weighted by Gasteiger charge is -2.34. The van der Waals surface area contributed by atoms with Gasteiger partial charge in [-0.2, -0.15) is 0 Å². The van der Waals surface area contributed by atoms with Crippen molar-refractivity contribution in [3.63, 3.8) is 0 Å². The predicted octanol–water partition coefficient (Wildman–Crippen LogP) is 1.31. The number of nitrogens with one attached hydrogen (secondary N) is 1. The first-order chi connectivity index (χ1) is 7.65. The first-order valence-corrected chi connectivity index (χ1v) is 6.43. The van der Waals surface area contributed by atoms with Gasteiger partial charge in [0.15, 0.2) is 0 Å². The largest absolute Gasteiger partial charge is 0.331 e. The highest BCUT2D eigenvalue weighted by Crippen LogP contribution is 2.39. The molecule has 2 rings (SSSR count). The second-order valence-corrected chi connectivity index (χ2v) is 5.37. The van der Waals surface area contributed by atoms with Crippen LogP contribution in [-0.4, -0.2) is 36.1 Å². The SMILES string of the molecule is CC(CN)(NC(=O)N1CCCCC1)C1CC1. The summed E-state index contributed by atoms with van der Waals surface area (Å²) < 4.78 is 0. The summed E-state index contributed by atoms with van der Waals surface area (Å²) in [7, 11) is 0. The normalized spacial score (nSPS) is 25.0. The van der Waals surface area contributed by atoms with Crippen LogP contribution < -0.4 is 11.1 Å². The van der Waals surface area contributed by atoms with Crippen LogP contribution in [0.5, 0.6) is 0 Å². The number of rotatable bonds is 3. The van der Waals surface area contributed by atoms with E-state index < -0.39 is 0 Å². The van der Waals surface area contributed by atoms with Crippen LogP contribution in [0.15, 0.2) is 0 Å². The second-order valence-electron chi connectivity index (χ2n) is 5.37. The van der Waals surface area contributed by atoms with Crippen LogP contribution in [0.25, 0.3) is 0 Å². The molecule has 0 radical (unpaired) electrons. The predicted molar refractivity (Wildman–Crippen MR) is 64.1 cm³/mol. The molecule has 0 spiro atoms. The molecule has 4 nitrogen and oxygen atoms in total. The fourth-order valence-corrected chi connectivity index (χ4v) is 2.46. The van der Waals surface area contributed by atoms with Crippen molar-refractivity contribution in [3.05, 3.63) is 0 Å². The lowest BCUT2D eigenvalue weighted by molar-refractivity contribution is 0.171. The van der Waals surface area contributed by atoms with Gasteiger partial charge in [-0.15, -0.1) is 0 Å². The first-order valence-electron chi connectivity index (χ1n) is 6.43. The van der Waals surface area contributed by atoms with E-state index in [2.05, 4.69) is 12.2 Å². The number of carbonyl (C=O) groups is 1. The standard InChI is InChI=1S/C12H23N3O/c1-12(9-13,10-5-6-10)14-11(16)15-7-3-2-4-8-15/h10H,2-9,13H2,1H3,(H,14,16). The van der Waals surface area contributed by atoms with E-state index in [1.807, 2.05) is 4.90 Å². The van der Waals surface area contributed by atoms with E-state index in [9.17, 15) is 4.79 Å². The highest BCUT2D eigenvalue weighted by molar-refractivity contribution is 5.75. The van der Waals surface area contributed by atoms with E-state index in [-0.39, 0.29) is 11.6 Å². The fraction of sp³-hybridized carbons (Fsp3) is 0.917. The minimum Gasteiger partial charge on any atom is -0.331 e. The number of likely N-dealkylation sites (tertiary alicyclic amines) is 1. The van der Waals surface area contributed by atoms with Crippen LogP contribution in [0, 0.1) is 5.92 Å². The smallest absolute Gasteiger partial charge is 0.317 e. The van der Waals surface area contributed by atoms with Gasteiger partial charge >= 0.3 is 6.03 Å². The Bertz CT molecular complexity index is 259. The molecule has 1 unspecified atom stereocenters. The molecule has 1 aliphatic heterocycles. The van der Waals surface area contributed by atoms with E-state index in [1.54, 1.807) is 0 Å².